The third-order valence-corrected chi connectivity index (χ3v) is 4.80. The van der Waals surface area contributed by atoms with E-state index in [2.05, 4.69) is 15.2 Å². The molecule has 2 aromatic carbocycles. The molecule has 0 aliphatic carbocycles. The normalized spacial score (nSPS) is 11.7. The van der Waals surface area contributed by atoms with Crippen LogP contribution in [-0.4, -0.2) is 35.8 Å². The first kappa shape index (κ1) is 14.7. The number of aromatic amines is 2. The van der Waals surface area contributed by atoms with Gasteiger partial charge in [-0.2, -0.15) is 5.10 Å². The molecule has 0 radical (unpaired) electrons. The molecule has 3 heterocycles. The van der Waals surface area contributed by atoms with Crippen LogP contribution in [0.5, 0.6) is 0 Å². The van der Waals surface area contributed by atoms with Gasteiger partial charge in [-0.15, -0.1) is 0 Å². The molecular weight excluding hydrogens is 330 g/mol. The Bertz CT molecular complexity index is 1260. The lowest BCUT2D eigenvalue weighted by Crippen LogP contribution is -2.09. The standard InChI is InChI=1S/C19H15N5O2/c1-10-18(12-4-2-3-5-16(12)24(10)9-17(25)26)19-21-14-6-11-8-20-23-13(11)7-15(14)22-19/h2-8H,9H2,1H3,(H,20,23)(H,21,22)(H,25,26). The molecule has 0 aliphatic heterocycles. The lowest BCUT2D eigenvalue weighted by atomic mass is 10.1. The average molecular weight is 345 g/mol. The molecule has 5 rings (SSSR count). The predicted molar refractivity (Wildman–Crippen MR) is 99.1 cm³/mol. The van der Waals surface area contributed by atoms with Gasteiger partial charge in [0.15, 0.2) is 0 Å². The Morgan fingerprint density at radius 1 is 1.23 bits per heavy atom. The van der Waals surface area contributed by atoms with Crippen LogP contribution in [0, 0.1) is 6.92 Å². The fourth-order valence-corrected chi connectivity index (χ4v) is 3.63. The summed E-state index contributed by atoms with van der Waals surface area (Å²) in [6, 6.07) is 11.7. The van der Waals surface area contributed by atoms with Crippen molar-refractivity contribution in [2.45, 2.75) is 13.5 Å². The third-order valence-electron chi connectivity index (χ3n) is 4.80. The summed E-state index contributed by atoms with van der Waals surface area (Å²) < 4.78 is 1.81. The molecule has 26 heavy (non-hydrogen) atoms. The summed E-state index contributed by atoms with van der Waals surface area (Å²) in [5, 5.41) is 18.3. The topological polar surface area (TPSA) is 99.6 Å². The first-order valence-electron chi connectivity index (χ1n) is 8.25. The van der Waals surface area contributed by atoms with Crippen LogP contribution < -0.4 is 0 Å². The van der Waals surface area contributed by atoms with Crippen LogP contribution in [0.4, 0.5) is 0 Å². The number of carboxylic acids is 1. The number of H-pyrrole nitrogens is 2. The molecule has 0 amide bonds. The van der Waals surface area contributed by atoms with Crippen molar-refractivity contribution in [3.8, 4) is 11.4 Å². The van der Waals surface area contributed by atoms with Crippen LogP contribution in [0.25, 0.3) is 44.2 Å². The van der Waals surface area contributed by atoms with Crippen molar-refractivity contribution >= 4 is 38.8 Å². The summed E-state index contributed by atoms with van der Waals surface area (Å²) in [5.41, 5.74) is 5.31. The summed E-state index contributed by atoms with van der Waals surface area (Å²) in [6.45, 7) is 1.85. The Balaban J connectivity index is 1.79. The van der Waals surface area contributed by atoms with Gasteiger partial charge in [0.05, 0.1) is 16.6 Å². The number of aromatic nitrogens is 5. The summed E-state index contributed by atoms with van der Waals surface area (Å²) >= 11 is 0. The second-order valence-electron chi connectivity index (χ2n) is 6.36. The van der Waals surface area contributed by atoms with Crippen LogP contribution in [-0.2, 0) is 11.3 Å². The molecule has 0 atom stereocenters. The van der Waals surface area contributed by atoms with Gasteiger partial charge >= 0.3 is 5.97 Å². The van der Waals surface area contributed by atoms with Gasteiger partial charge in [-0.25, -0.2) is 4.98 Å². The van der Waals surface area contributed by atoms with E-state index in [1.807, 2.05) is 54.1 Å². The molecule has 0 bridgehead atoms. The molecule has 7 nitrogen and oxygen atoms in total. The Kier molecular flexibility index (Phi) is 2.94. The monoisotopic (exact) mass is 345 g/mol. The lowest BCUT2D eigenvalue weighted by Gasteiger charge is -2.04. The highest BCUT2D eigenvalue weighted by atomic mass is 16.4. The van der Waals surface area contributed by atoms with E-state index in [-0.39, 0.29) is 6.54 Å². The largest absolute Gasteiger partial charge is 0.480 e. The minimum absolute atomic E-state index is 0.0830. The molecular formula is C19H15N5O2. The summed E-state index contributed by atoms with van der Waals surface area (Å²) in [7, 11) is 0. The van der Waals surface area contributed by atoms with E-state index >= 15 is 0 Å². The van der Waals surface area contributed by atoms with Crippen molar-refractivity contribution in [3.63, 3.8) is 0 Å². The second-order valence-corrected chi connectivity index (χ2v) is 6.36. The van der Waals surface area contributed by atoms with Crippen molar-refractivity contribution in [1.82, 2.24) is 24.7 Å². The highest BCUT2D eigenvalue weighted by molar-refractivity contribution is 6.00. The average Bonchev–Trinajstić information content (AvgIpc) is 3.29. The minimum atomic E-state index is -0.869. The lowest BCUT2D eigenvalue weighted by molar-refractivity contribution is -0.137. The predicted octanol–water partition coefficient (Wildman–Crippen LogP) is 3.45. The molecule has 0 aliphatic rings. The van der Waals surface area contributed by atoms with Crippen molar-refractivity contribution in [2.75, 3.05) is 0 Å². The zero-order valence-corrected chi connectivity index (χ0v) is 13.9. The highest BCUT2D eigenvalue weighted by Gasteiger charge is 2.19. The van der Waals surface area contributed by atoms with E-state index in [9.17, 15) is 9.90 Å². The number of fused-ring (bicyclic) bond motifs is 3. The molecule has 3 aromatic heterocycles. The van der Waals surface area contributed by atoms with E-state index in [1.165, 1.54) is 0 Å². The number of hydrogen-bond donors (Lipinski definition) is 3. The summed E-state index contributed by atoms with van der Waals surface area (Å²) in [5.74, 6) is -0.138. The third kappa shape index (κ3) is 2.03. The van der Waals surface area contributed by atoms with E-state index in [1.54, 1.807) is 0 Å². The van der Waals surface area contributed by atoms with Crippen LogP contribution in [0.15, 0.2) is 42.6 Å². The van der Waals surface area contributed by atoms with Crippen LogP contribution in [0.3, 0.4) is 0 Å². The number of benzene rings is 2. The number of imidazole rings is 1. The number of hydrogen-bond acceptors (Lipinski definition) is 3. The first-order chi connectivity index (χ1) is 12.6. The van der Waals surface area contributed by atoms with Crippen molar-refractivity contribution in [1.29, 1.82) is 0 Å². The van der Waals surface area contributed by atoms with Gasteiger partial charge in [-0.05, 0) is 25.1 Å². The summed E-state index contributed by atoms with van der Waals surface area (Å²) in [4.78, 5) is 19.4. The number of carbonyl (C=O) groups is 1. The Hall–Kier alpha value is -3.61. The molecule has 128 valence electrons. The molecule has 5 aromatic rings. The fourth-order valence-electron chi connectivity index (χ4n) is 3.63. The molecule has 0 spiro atoms. The van der Waals surface area contributed by atoms with Gasteiger partial charge in [0, 0.05) is 33.7 Å². The molecule has 7 heteroatoms. The van der Waals surface area contributed by atoms with Crippen molar-refractivity contribution in [2.24, 2.45) is 0 Å². The zero-order valence-electron chi connectivity index (χ0n) is 13.9. The number of carboxylic acid groups (broad SMARTS) is 1. The number of para-hydroxylation sites is 1. The maximum Gasteiger partial charge on any atom is 0.323 e. The number of rotatable bonds is 3. The van der Waals surface area contributed by atoms with Gasteiger partial charge < -0.3 is 14.7 Å². The SMILES string of the molecule is Cc1c(-c2nc3cc4c[nH]nc4cc3[nH]2)c2ccccc2n1CC(=O)O. The maximum absolute atomic E-state index is 11.3. The number of nitrogens with zero attached hydrogens (tertiary/aromatic N) is 3. The van der Waals surface area contributed by atoms with Gasteiger partial charge in [-0.1, -0.05) is 18.2 Å². The molecule has 0 saturated heterocycles. The van der Waals surface area contributed by atoms with Gasteiger partial charge in [0.1, 0.15) is 12.4 Å². The van der Waals surface area contributed by atoms with Crippen LogP contribution >= 0.6 is 0 Å². The van der Waals surface area contributed by atoms with E-state index < -0.39 is 5.97 Å². The van der Waals surface area contributed by atoms with Crippen LogP contribution in [0.1, 0.15) is 5.69 Å². The second kappa shape index (κ2) is 5.19. The smallest absolute Gasteiger partial charge is 0.323 e. The van der Waals surface area contributed by atoms with Gasteiger partial charge in [-0.3, -0.25) is 9.89 Å². The number of aliphatic carboxylic acids is 1. The minimum Gasteiger partial charge on any atom is -0.480 e. The van der Waals surface area contributed by atoms with Gasteiger partial charge in [0.25, 0.3) is 0 Å². The van der Waals surface area contributed by atoms with E-state index in [0.717, 1.165) is 49.9 Å². The molecule has 0 saturated carbocycles. The molecule has 0 unspecified atom stereocenters. The van der Waals surface area contributed by atoms with Crippen molar-refractivity contribution < 1.29 is 9.90 Å². The van der Waals surface area contributed by atoms with Crippen LogP contribution in [0.2, 0.25) is 0 Å². The molecule has 0 fully saturated rings. The Labute approximate surface area is 147 Å². The molecule has 3 N–H and O–H groups in total. The fraction of sp³-hybridized carbons (Fsp3) is 0.105. The van der Waals surface area contributed by atoms with Crippen molar-refractivity contribution in [3.05, 3.63) is 48.3 Å². The summed E-state index contributed by atoms with van der Waals surface area (Å²) in [6.07, 6.45) is 1.84. The quantitative estimate of drug-likeness (QED) is 0.466. The maximum atomic E-state index is 11.3. The van der Waals surface area contributed by atoms with E-state index in [4.69, 9.17) is 4.98 Å². The first-order valence-corrected chi connectivity index (χ1v) is 8.25. The zero-order chi connectivity index (χ0) is 17.8. The highest BCUT2D eigenvalue weighted by Crippen LogP contribution is 2.34. The Morgan fingerprint density at radius 3 is 2.92 bits per heavy atom. The van der Waals surface area contributed by atoms with E-state index in [0.29, 0.717) is 0 Å². The Morgan fingerprint density at radius 2 is 2.08 bits per heavy atom. The van der Waals surface area contributed by atoms with Gasteiger partial charge in [0.2, 0.25) is 0 Å². The number of nitrogens with one attached hydrogen (secondary N) is 2.